The van der Waals surface area contributed by atoms with Crippen molar-refractivity contribution >= 4 is 51.5 Å². The topological polar surface area (TPSA) is 29.5 Å². The number of hydrogen-bond acceptors (Lipinski definition) is 4. The minimum Gasteiger partial charge on any atom is -0.461 e. The van der Waals surface area contributed by atoms with Crippen molar-refractivity contribution in [3.63, 3.8) is 0 Å². The molecule has 0 saturated carbocycles. The second kappa shape index (κ2) is 7.51. The first-order valence-electron chi connectivity index (χ1n) is 7.43. The molecule has 0 spiro atoms. The second-order valence-corrected chi connectivity index (χ2v) is 6.91. The monoisotopic (exact) mass is 379 g/mol. The van der Waals surface area contributed by atoms with E-state index in [-0.39, 0.29) is 5.97 Å². The fourth-order valence-corrected chi connectivity index (χ4v) is 3.85. The van der Waals surface area contributed by atoms with Gasteiger partial charge < -0.3 is 9.64 Å². The lowest BCUT2D eigenvalue weighted by Crippen LogP contribution is -2.25. The molecule has 1 aliphatic heterocycles. The molecule has 0 radical (unpaired) electrons. The first kappa shape index (κ1) is 17.2. The number of benzene rings is 2. The minimum absolute atomic E-state index is 0.329. The fourth-order valence-electron chi connectivity index (χ4n) is 2.43. The third-order valence-electron chi connectivity index (χ3n) is 3.54. The van der Waals surface area contributed by atoms with Gasteiger partial charge in [-0.05, 0) is 48.9 Å². The van der Waals surface area contributed by atoms with Crippen LogP contribution in [0, 0.1) is 0 Å². The first-order chi connectivity index (χ1) is 11.6. The van der Waals surface area contributed by atoms with Gasteiger partial charge in [0.25, 0.3) is 0 Å². The molecule has 6 heteroatoms. The lowest BCUT2D eigenvalue weighted by atomic mass is 10.1. The Labute approximate surface area is 155 Å². The van der Waals surface area contributed by atoms with Crippen LogP contribution in [0.3, 0.4) is 0 Å². The van der Waals surface area contributed by atoms with Crippen LogP contribution in [0.4, 0.5) is 5.69 Å². The van der Waals surface area contributed by atoms with Gasteiger partial charge in [0.2, 0.25) is 0 Å². The Bertz CT molecular complexity index is 773. The molecule has 1 heterocycles. The average molecular weight is 380 g/mol. The Morgan fingerprint density at radius 3 is 2.25 bits per heavy atom. The smallest absolute Gasteiger partial charge is 0.356 e. The number of esters is 1. The number of carbonyl (C=O) groups is 1. The van der Waals surface area contributed by atoms with Crippen LogP contribution in [0.2, 0.25) is 10.0 Å². The van der Waals surface area contributed by atoms with E-state index >= 15 is 0 Å². The maximum absolute atomic E-state index is 12.6. The zero-order valence-corrected chi connectivity index (χ0v) is 15.3. The summed E-state index contributed by atoms with van der Waals surface area (Å²) in [5.74, 6) is 0.302. The van der Waals surface area contributed by atoms with Crippen LogP contribution in [0.5, 0.6) is 0 Å². The van der Waals surface area contributed by atoms with Crippen molar-refractivity contribution in [3.8, 4) is 0 Å². The Morgan fingerprint density at radius 1 is 1.08 bits per heavy atom. The van der Waals surface area contributed by atoms with Crippen molar-refractivity contribution in [2.45, 2.75) is 6.92 Å². The van der Waals surface area contributed by atoms with Gasteiger partial charge in [0.15, 0.2) is 0 Å². The van der Waals surface area contributed by atoms with Crippen LogP contribution in [-0.2, 0) is 9.53 Å². The maximum Gasteiger partial charge on any atom is 0.356 e. The highest BCUT2D eigenvalue weighted by Crippen LogP contribution is 2.42. The van der Waals surface area contributed by atoms with Crippen LogP contribution >= 0.6 is 35.0 Å². The molecule has 2 aromatic rings. The molecule has 0 aromatic heterocycles. The maximum atomic E-state index is 12.6. The SMILES string of the molecule is CCOC(=O)C1=C(c2ccc(Cl)cc2)SCN1c1ccc(Cl)cc1. The van der Waals surface area contributed by atoms with Crippen molar-refractivity contribution in [3.05, 3.63) is 69.8 Å². The van der Waals surface area contributed by atoms with Gasteiger partial charge in [0.1, 0.15) is 5.70 Å². The molecule has 0 atom stereocenters. The number of carbonyl (C=O) groups excluding carboxylic acids is 1. The lowest BCUT2D eigenvalue weighted by molar-refractivity contribution is -0.138. The molecule has 0 fully saturated rings. The summed E-state index contributed by atoms with van der Waals surface area (Å²) in [6, 6.07) is 14.9. The summed E-state index contributed by atoms with van der Waals surface area (Å²) in [7, 11) is 0. The quantitative estimate of drug-likeness (QED) is 0.661. The third-order valence-corrected chi connectivity index (χ3v) is 5.15. The Hall–Kier alpha value is -1.62. The van der Waals surface area contributed by atoms with Crippen LogP contribution < -0.4 is 4.90 Å². The fraction of sp³-hybridized carbons (Fsp3) is 0.167. The number of hydrogen-bond donors (Lipinski definition) is 0. The summed E-state index contributed by atoms with van der Waals surface area (Å²) in [5.41, 5.74) is 2.40. The highest BCUT2D eigenvalue weighted by atomic mass is 35.5. The van der Waals surface area contributed by atoms with Crippen molar-refractivity contribution in [2.75, 3.05) is 17.4 Å². The summed E-state index contributed by atoms with van der Waals surface area (Å²) in [6.45, 7) is 2.13. The van der Waals surface area contributed by atoms with Crippen molar-refractivity contribution in [1.82, 2.24) is 0 Å². The van der Waals surface area contributed by atoms with E-state index in [9.17, 15) is 4.79 Å². The molecule has 3 rings (SSSR count). The molecule has 0 bridgehead atoms. The van der Waals surface area contributed by atoms with E-state index in [1.807, 2.05) is 53.4 Å². The van der Waals surface area contributed by atoms with Gasteiger partial charge in [-0.3, -0.25) is 0 Å². The Kier molecular flexibility index (Phi) is 5.39. The lowest BCUT2D eigenvalue weighted by Gasteiger charge is -2.20. The van der Waals surface area contributed by atoms with Crippen molar-refractivity contribution < 1.29 is 9.53 Å². The standard InChI is InChI=1S/C18H15Cl2NO2S/c1-2-23-18(22)16-17(12-3-5-13(19)6-4-12)24-11-21(16)15-9-7-14(20)8-10-15/h3-10H,2,11H2,1H3. The summed E-state index contributed by atoms with van der Waals surface area (Å²) in [4.78, 5) is 15.4. The van der Waals surface area contributed by atoms with Crippen LogP contribution in [0.25, 0.3) is 4.91 Å². The summed E-state index contributed by atoms with van der Waals surface area (Å²) >= 11 is 13.5. The van der Waals surface area contributed by atoms with E-state index in [4.69, 9.17) is 27.9 Å². The average Bonchev–Trinajstić information content (AvgIpc) is 3.01. The molecule has 124 valence electrons. The van der Waals surface area contributed by atoms with Gasteiger partial charge >= 0.3 is 5.97 Å². The largest absolute Gasteiger partial charge is 0.461 e. The molecule has 1 aliphatic rings. The van der Waals surface area contributed by atoms with E-state index in [1.165, 1.54) is 0 Å². The second-order valence-electron chi connectivity index (χ2n) is 5.08. The molecule has 0 N–H and O–H groups in total. The van der Waals surface area contributed by atoms with Gasteiger partial charge in [-0.2, -0.15) is 0 Å². The van der Waals surface area contributed by atoms with Gasteiger partial charge in [-0.15, -0.1) is 11.8 Å². The van der Waals surface area contributed by atoms with Crippen LogP contribution in [0.1, 0.15) is 12.5 Å². The summed E-state index contributed by atoms with van der Waals surface area (Å²) in [6.07, 6.45) is 0. The Morgan fingerprint density at radius 2 is 1.67 bits per heavy atom. The molecular formula is C18H15Cl2NO2S. The Balaban J connectivity index is 2.05. The molecule has 0 aliphatic carbocycles. The van der Waals surface area contributed by atoms with Gasteiger partial charge in [-0.1, -0.05) is 35.3 Å². The number of rotatable bonds is 4. The number of ether oxygens (including phenoxy) is 1. The van der Waals surface area contributed by atoms with E-state index < -0.39 is 0 Å². The zero-order chi connectivity index (χ0) is 17.1. The van der Waals surface area contributed by atoms with Crippen molar-refractivity contribution in [2.24, 2.45) is 0 Å². The molecule has 0 saturated heterocycles. The highest BCUT2D eigenvalue weighted by molar-refractivity contribution is 8.08. The van der Waals surface area contributed by atoms with E-state index in [0.29, 0.717) is 28.2 Å². The van der Waals surface area contributed by atoms with Crippen LogP contribution in [-0.4, -0.2) is 18.5 Å². The number of anilines is 1. The normalized spacial score (nSPS) is 14.2. The number of halogens is 2. The molecule has 24 heavy (non-hydrogen) atoms. The predicted molar refractivity (Wildman–Crippen MR) is 101 cm³/mol. The molecule has 0 amide bonds. The summed E-state index contributed by atoms with van der Waals surface area (Å²) < 4.78 is 5.27. The number of thioether (sulfide) groups is 1. The van der Waals surface area contributed by atoms with E-state index in [2.05, 4.69) is 0 Å². The van der Waals surface area contributed by atoms with Gasteiger partial charge in [0.05, 0.1) is 12.5 Å². The minimum atomic E-state index is -0.331. The van der Waals surface area contributed by atoms with E-state index in [0.717, 1.165) is 16.2 Å². The third kappa shape index (κ3) is 3.56. The van der Waals surface area contributed by atoms with Gasteiger partial charge in [-0.25, -0.2) is 4.79 Å². The van der Waals surface area contributed by atoms with Crippen molar-refractivity contribution in [1.29, 1.82) is 0 Å². The molecular weight excluding hydrogens is 365 g/mol. The molecule has 2 aromatic carbocycles. The molecule has 3 nitrogen and oxygen atoms in total. The summed E-state index contributed by atoms with van der Waals surface area (Å²) in [5, 5.41) is 1.32. The van der Waals surface area contributed by atoms with Gasteiger partial charge in [0, 0.05) is 20.6 Å². The van der Waals surface area contributed by atoms with E-state index in [1.54, 1.807) is 18.7 Å². The predicted octanol–water partition coefficient (Wildman–Crippen LogP) is 5.44. The highest BCUT2D eigenvalue weighted by Gasteiger charge is 2.31. The zero-order valence-electron chi connectivity index (χ0n) is 13.0. The molecule has 0 unspecified atom stereocenters. The van der Waals surface area contributed by atoms with Crippen LogP contribution in [0.15, 0.2) is 54.2 Å². The number of nitrogens with zero attached hydrogens (tertiary/aromatic N) is 1. The first-order valence-corrected chi connectivity index (χ1v) is 9.17.